The summed E-state index contributed by atoms with van der Waals surface area (Å²) in [5, 5.41) is 12.6. The molecule has 3 N–H and O–H groups in total. The van der Waals surface area contributed by atoms with Gasteiger partial charge in [-0.1, -0.05) is 11.2 Å². The first-order valence-electron chi connectivity index (χ1n) is 5.34. The van der Waals surface area contributed by atoms with Gasteiger partial charge in [-0.15, -0.1) is 0 Å². The molecule has 1 unspecified atom stereocenters. The lowest BCUT2D eigenvalue weighted by Crippen LogP contribution is -2.12. The molecule has 0 saturated heterocycles. The molecule has 0 aliphatic rings. The molecule has 6 nitrogen and oxygen atoms in total. The van der Waals surface area contributed by atoms with Crippen molar-refractivity contribution in [2.24, 2.45) is 5.73 Å². The molecular weight excluding hydrogens is 220 g/mol. The smallest absolute Gasteiger partial charge is 0.244 e. The van der Waals surface area contributed by atoms with E-state index in [9.17, 15) is 0 Å². The minimum absolute atomic E-state index is 0.0124. The standard InChI is InChI=1S/C11H14N4O2/c1-7-3-2-5-13-9(7)10-14-11(17-15-10)8(12)4-6-16/h2-3,5,8,16H,4,6,12H2,1H3. The lowest BCUT2D eigenvalue weighted by Gasteiger charge is -2.01. The Kier molecular flexibility index (Phi) is 3.46. The predicted molar refractivity (Wildman–Crippen MR) is 60.9 cm³/mol. The van der Waals surface area contributed by atoms with E-state index < -0.39 is 6.04 Å². The Morgan fingerprint density at radius 3 is 3.06 bits per heavy atom. The molecule has 1 atom stereocenters. The van der Waals surface area contributed by atoms with Crippen LogP contribution in [0.2, 0.25) is 0 Å². The summed E-state index contributed by atoms with van der Waals surface area (Å²) in [6, 6.07) is 3.33. The van der Waals surface area contributed by atoms with E-state index in [0.717, 1.165) is 5.56 Å². The predicted octanol–water partition coefficient (Wildman–Crippen LogP) is 0.822. The van der Waals surface area contributed by atoms with E-state index in [4.69, 9.17) is 15.4 Å². The highest BCUT2D eigenvalue weighted by molar-refractivity contribution is 5.53. The number of aryl methyl sites for hydroxylation is 1. The van der Waals surface area contributed by atoms with Crippen LogP contribution in [0.4, 0.5) is 0 Å². The second-order valence-corrected chi connectivity index (χ2v) is 3.74. The molecule has 6 heteroatoms. The van der Waals surface area contributed by atoms with Gasteiger partial charge < -0.3 is 15.4 Å². The van der Waals surface area contributed by atoms with Crippen LogP contribution in [0.15, 0.2) is 22.9 Å². The van der Waals surface area contributed by atoms with Gasteiger partial charge in [0.05, 0.1) is 6.04 Å². The van der Waals surface area contributed by atoms with Crippen LogP contribution in [0.3, 0.4) is 0 Å². The maximum absolute atomic E-state index is 8.78. The summed E-state index contributed by atoms with van der Waals surface area (Å²) in [6.07, 6.45) is 2.06. The van der Waals surface area contributed by atoms with Crippen LogP contribution in [0, 0.1) is 6.92 Å². The number of pyridine rings is 1. The maximum Gasteiger partial charge on any atom is 0.244 e. The van der Waals surface area contributed by atoms with Gasteiger partial charge in [-0.25, -0.2) is 0 Å². The largest absolute Gasteiger partial charge is 0.396 e. The molecule has 0 spiro atoms. The van der Waals surface area contributed by atoms with Gasteiger partial charge >= 0.3 is 0 Å². The quantitative estimate of drug-likeness (QED) is 0.812. The van der Waals surface area contributed by atoms with Crippen LogP contribution >= 0.6 is 0 Å². The van der Waals surface area contributed by atoms with Gasteiger partial charge in [0.25, 0.3) is 0 Å². The third-order valence-electron chi connectivity index (χ3n) is 2.42. The SMILES string of the molecule is Cc1cccnc1-c1noc(C(N)CCO)n1. The van der Waals surface area contributed by atoms with E-state index in [1.807, 2.05) is 19.1 Å². The van der Waals surface area contributed by atoms with E-state index in [1.165, 1.54) is 0 Å². The highest BCUT2D eigenvalue weighted by atomic mass is 16.5. The number of hydrogen-bond acceptors (Lipinski definition) is 6. The minimum atomic E-state index is -0.440. The third-order valence-corrected chi connectivity index (χ3v) is 2.42. The van der Waals surface area contributed by atoms with Crippen molar-refractivity contribution in [2.75, 3.05) is 6.61 Å². The molecule has 0 fully saturated rings. The van der Waals surface area contributed by atoms with Gasteiger partial charge in [-0.3, -0.25) is 4.98 Å². The van der Waals surface area contributed by atoms with E-state index in [0.29, 0.717) is 23.8 Å². The van der Waals surface area contributed by atoms with Crippen LogP contribution in [-0.4, -0.2) is 26.8 Å². The number of aromatic nitrogens is 3. The van der Waals surface area contributed by atoms with Crippen LogP contribution in [0.25, 0.3) is 11.5 Å². The number of nitrogens with zero attached hydrogens (tertiary/aromatic N) is 3. The molecule has 0 aliphatic heterocycles. The average Bonchev–Trinajstić information content (AvgIpc) is 2.79. The molecule has 0 aliphatic carbocycles. The van der Waals surface area contributed by atoms with Crippen molar-refractivity contribution in [3.63, 3.8) is 0 Å². The first-order chi connectivity index (χ1) is 8.22. The zero-order chi connectivity index (χ0) is 12.3. The Bertz CT molecular complexity index is 498. The van der Waals surface area contributed by atoms with Gasteiger partial charge in [0, 0.05) is 12.8 Å². The van der Waals surface area contributed by atoms with Crippen LogP contribution in [0.1, 0.15) is 23.9 Å². The van der Waals surface area contributed by atoms with Crippen molar-refractivity contribution in [2.45, 2.75) is 19.4 Å². The van der Waals surface area contributed by atoms with Crippen LogP contribution in [-0.2, 0) is 0 Å². The van der Waals surface area contributed by atoms with Gasteiger partial charge in [-0.05, 0) is 25.0 Å². The number of hydrogen-bond donors (Lipinski definition) is 2. The summed E-state index contributed by atoms with van der Waals surface area (Å²) in [4.78, 5) is 8.38. The van der Waals surface area contributed by atoms with Gasteiger partial charge in [0.2, 0.25) is 11.7 Å². The number of nitrogens with two attached hydrogens (primary N) is 1. The number of aliphatic hydroxyl groups is 1. The van der Waals surface area contributed by atoms with E-state index in [1.54, 1.807) is 6.20 Å². The molecule has 2 aromatic rings. The van der Waals surface area contributed by atoms with E-state index in [2.05, 4.69) is 15.1 Å². The first kappa shape index (κ1) is 11.7. The Morgan fingerprint density at radius 1 is 1.53 bits per heavy atom. The lowest BCUT2D eigenvalue weighted by molar-refractivity contribution is 0.259. The third kappa shape index (κ3) is 2.48. The zero-order valence-corrected chi connectivity index (χ0v) is 9.50. The van der Waals surface area contributed by atoms with Crippen molar-refractivity contribution in [1.29, 1.82) is 0 Å². The van der Waals surface area contributed by atoms with Crippen LogP contribution < -0.4 is 5.73 Å². The molecular formula is C11H14N4O2. The highest BCUT2D eigenvalue weighted by Crippen LogP contribution is 2.19. The van der Waals surface area contributed by atoms with Gasteiger partial charge in [0.15, 0.2) is 0 Å². The fraction of sp³-hybridized carbons (Fsp3) is 0.364. The average molecular weight is 234 g/mol. The van der Waals surface area contributed by atoms with Gasteiger partial charge in [0.1, 0.15) is 5.69 Å². The Hall–Kier alpha value is -1.79. The fourth-order valence-corrected chi connectivity index (χ4v) is 1.46. The molecule has 90 valence electrons. The molecule has 2 aromatic heterocycles. The normalized spacial score (nSPS) is 12.6. The van der Waals surface area contributed by atoms with Crippen molar-refractivity contribution < 1.29 is 9.63 Å². The molecule has 17 heavy (non-hydrogen) atoms. The second kappa shape index (κ2) is 5.03. The highest BCUT2D eigenvalue weighted by Gasteiger charge is 2.16. The van der Waals surface area contributed by atoms with Crippen LogP contribution in [0.5, 0.6) is 0 Å². The lowest BCUT2D eigenvalue weighted by atomic mass is 10.2. The van der Waals surface area contributed by atoms with E-state index >= 15 is 0 Å². The second-order valence-electron chi connectivity index (χ2n) is 3.74. The molecule has 0 bridgehead atoms. The molecule has 2 heterocycles. The number of rotatable bonds is 4. The molecule has 0 saturated carbocycles. The fourth-order valence-electron chi connectivity index (χ4n) is 1.46. The molecule has 0 radical (unpaired) electrons. The Balaban J connectivity index is 2.27. The zero-order valence-electron chi connectivity index (χ0n) is 9.50. The summed E-state index contributed by atoms with van der Waals surface area (Å²) in [5.41, 5.74) is 7.41. The summed E-state index contributed by atoms with van der Waals surface area (Å²) < 4.78 is 5.05. The van der Waals surface area contributed by atoms with Gasteiger partial charge in [-0.2, -0.15) is 4.98 Å². The van der Waals surface area contributed by atoms with Crippen molar-refractivity contribution in [1.82, 2.24) is 15.1 Å². The minimum Gasteiger partial charge on any atom is -0.396 e. The van der Waals surface area contributed by atoms with Crippen molar-refractivity contribution >= 4 is 0 Å². The topological polar surface area (TPSA) is 98.1 Å². The molecule has 2 rings (SSSR count). The summed E-state index contributed by atoms with van der Waals surface area (Å²) in [7, 11) is 0. The Morgan fingerprint density at radius 2 is 2.35 bits per heavy atom. The maximum atomic E-state index is 8.78. The van der Waals surface area contributed by atoms with Crippen molar-refractivity contribution in [3.8, 4) is 11.5 Å². The molecule has 0 amide bonds. The first-order valence-corrected chi connectivity index (χ1v) is 5.34. The number of aliphatic hydroxyl groups excluding tert-OH is 1. The summed E-state index contributed by atoms with van der Waals surface area (Å²) in [6.45, 7) is 1.91. The van der Waals surface area contributed by atoms with Crippen molar-refractivity contribution in [3.05, 3.63) is 29.8 Å². The monoisotopic (exact) mass is 234 g/mol. The summed E-state index contributed by atoms with van der Waals surface area (Å²) >= 11 is 0. The van der Waals surface area contributed by atoms with E-state index in [-0.39, 0.29) is 6.61 Å². The Labute approximate surface area is 98.5 Å². The molecule has 0 aromatic carbocycles. The summed E-state index contributed by atoms with van der Waals surface area (Å²) in [5.74, 6) is 0.741.